The van der Waals surface area contributed by atoms with Gasteiger partial charge in [-0.2, -0.15) is 0 Å². The number of ether oxygens (including phenoxy) is 3. The molecule has 0 aromatic carbocycles. The van der Waals surface area contributed by atoms with Crippen molar-refractivity contribution >= 4 is 5.97 Å². The molecule has 6 heteroatoms. The molecule has 1 saturated heterocycles. The Labute approximate surface area is 193 Å². The van der Waals surface area contributed by atoms with E-state index in [4.69, 9.17) is 14.2 Å². The highest BCUT2D eigenvalue weighted by molar-refractivity contribution is 5.87. The third-order valence-corrected chi connectivity index (χ3v) is 8.35. The van der Waals surface area contributed by atoms with Crippen molar-refractivity contribution in [3.8, 4) is 0 Å². The minimum atomic E-state index is -1.29. The first-order chi connectivity index (χ1) is 14.9. The topological polar surface area (TPSA) is 85.2 Å². The Morgan fingerprint density at radius 2 is 1.97 bits per heavy atom. The Bertz CT molecular complexity index is 743. The molecule has 8 atom stereocenters. The van der Waals surface area contributed by atoms with Gasteiger partial charge in [0.1, 0.15) is 12.2 Å². The van der Waals surface area contributed by atoms with Crippen molar-refractivity contribution in [3.05, 3.63) is 23.8 Å². The quantitative estimate of drug-likeness (QED) is 0.369. The van der Waals surface area contributed by atoms with Crippen molar-refractivity contribution in [1.29, 1.82) is 0 Å². The Kier molecular flexibility index (Phi) is 7.60. The molecule has 3 rings (SSSR count). The lowest BCUT2D eigenvalue weighted by atomic mass is 9.55. The van der Waals surface area contributed by atoms with Gasteiger partial charge in [-0.3, -0.25) is 0 Å². The zero-order valence-electron chi connectivity index (χ0n) is 20.6. The van der Waals surface area contributed by atoms with Crippen molar-refractivity contribution in [2.24, 2.45) is 17.3 Å². The van der Waals surface area contributed by atoms with Crippen LogP contribution in [0.3, 0.4) is 0 Å². The third kappa shape index (κ3) is 4.98. The van der Waals surface area contributed by atoms with Gasteiger partial charge in [0.2, 0.25) is 0 Å². The fraction of sp³-hybridized carbons (Fsp3) is 0.808. The monoisotopic (exact) mass is 450 g/mol. The molecule has 2 N–H and O–H groups in total. The molecule has 0 radical (unpaired) electrons. The molecular weight excluding hydrogens is 408 g/mol. The molecule has 0 amide bonds. The van der Waals surface area contributed by atoms with Gasteiger partial charge in [-0.15, -0.1) is 0 Å². The highest BCUT2D eigenvalue weighted by Crippen LogP contribution is 2.55. The summed E-state index contributed by atoms with van der Waals surface area (Å²) < 4.78 is 17.9. The zero-order valence-corrected chi connectivity index (χ0v) is 20.6. The van der Waals surface area contributed by atoms with Crippen LogP contribution in [0.4, 0.5) is 0 Å². The fourth-order valence-corrected chi connectivity index (χ4v) is 5.80. The van der Waals surface area contributed by atoms with Crippen molar-refractivity contribution in [3.63, 3.8) is 0 Å². The summed E-state index contributed by atoms with van der Waals surface area (Å²) in [5, 5.41) is 21.0. The van der Waals surface area contributed by atoms with Gasteiger partial charge in [-0.05, 0) is 90.4 Å². The number of aliphatic hydroxyl groups excluding tert-OH is 2. The van der Waals surface area contributed by atoms with Crippen LogP contribution in [0.1, 0.15) is 80.1 Å². The van der Waals surface area contributed by atoms with E-state index >= 15 is 0 Å². The molecule has 0 bridgehead atoms. The summed E-state index contributed by atoms with van der Waals surface area (Å²) >= 11 is 0. The van der Waals surface area contributed by atoms with E-state index in [0.717, 1.165) is 25.7 Å². The number of carbonyl (C=O) groups is 1. The van der Waals surface area contributed by atoms with Gasteiger partial charge in [0.25, 0.3) is 0 Å². The molecule has 6 nitrogen and oxygen atoms in total. The van der Waals surface area contributed by atoms with Gasteiger partial charge in [-0.1, -0.05) is 25.2 Å². The average molecular weight is 451 g/mol. The second kappa shape index (κ2) is 9.57. The van der Waals surface area contributed by atoms with Gasteiger partial charge >= 0.3 is 5.97 Å². The van der Waals surface area contributed by atoms with E-state index in [1.54, 1.807) is 26.8 Å². The second-order valence-electron chi connectivity index (χ2n) is 10.9. The van der Waals surface area contributed by atoms with Crippen LogP contribution in [0.2, 0.25) is 0 Å². The predicted octanol–water partition coefficient (Wildman–Crippen LogP) is 4.29. The van der Waals surface area contributed by atoms with Crippen LogP contribution in [0.5, 0.6) is 0 Å². The van der Waals surface area contributed by atoms with Gasteiger partial charge < -0.3 is 24.4 Å². The number of esters is 1. The Hall–Kier alpha value is -1.21. The van der Waals surface area contributed by atoms with Crippen LogP contribution >= 0.6 is 0 Å². The molecule has 0 spiro atoms. The van der Waals surface area contributed by atoms with Crippen molar-refractivity contribution in [2.75, 3.05) is 0 Å². The highest BCUT2D eigenvalue weighted by Gasteiger charge is 2.51. The molecule has 182 valence electrons. The highest BCUT2D eigenvalue weighted by atomic mass is 16.7. The molecule has 2 saturated carbocycles. The Balaban J connectivity index is 1.77. The standard InChI is InChI=1S/C26H42O6/c1-8-15(2)23(29)31-22-21(28)20(27)17(4)30-24(22)32-25(5,6)18-11-13-26(7)12-9-10-16(3)19(26)14-18/h8,17-22,24,27-28H,3,9-14H2,1-2,4-7H3/b15-8-/t17-,18+,19-,20+,21+,22-,24+,26-/m0/s1. The molecule has 32 heavy (non-hydrogen) atoms. The van der Waals surface area contributed by atoms with Gasteiger partial charge in [0.15, 0.2) is 12.4 Å². The van der Waals surface area contributed by atoms with Gasteiger partial charge in [-0.25, -0.2) is 4.79 Å². The van der Waals surface area contributed by atoms with E-state index in [9.17, 15) is 15.0 Å². The first-order valence-electron chi connectivity index (χ1n) is 12.1. The van der Waals surface area contributed by atoms with Crippen molar-refractivity contribution < 1.29 is 29.2 Å². The van der Waals surface area contributed by atoms with Gasteiger partial charge in [0.05, 0.1) is 11.7 Å². The average Bonchev–Trinajstić information content (AvgIpc) is 2.73. The smallest absolute Gasteiger partial charge is 0.333 e. The molecule has 1 aliphatic heterocycles. The third-order valence-electron chi connectivity index (χ3n) is 8.35. The number of hydrogen-bond acceptors (Lipinski definition) is 6. The molecule has 0 unspecified atom stereocenters. The minimum Gasteiger partial charge on any atom is -0.451 e. The summed E-state index contributed by atoms with van der Waals surface area (Å²) in [7, 11) is 0. The van der Waals surface area contributed by atoms with Crippen molar-refractivity contribution in [1.82, 2.24) is 0 Å². The molecule has 2 aliphatic carbocycles. The number of fused-ring (bicyclic) bond motifs is 1. The lowest BCUT2D eigenvalue weighted by Gasteiger charge is -2.52. The van der Waals surface area contributed by atoms with Crippen LogP contribution < -0.4 is 0 Å². The van der Waals surface area contributed by atoms with E-state index in [0.29, 0.717) is 16.9 Å². The lowest BCUT2D eigenvalue weighted by molar-refractivity contribution is -0.325. The molecule has 1 heterocycles. The maximum absolute atomic E-state index is 12.4. The maximum Gasteiger partial charge on any atom is 0.333 e. The van der Waals surface area contributed by atoms with Crippen LogP contribution in [-0.2, 0) is 19.0 Å². The first-order valence-corrected chi connectivity index (χ1v) is 12.1. The summed E-state index contributed by atoms with van der Waals surface area (Å²) in [5.41, 5.74) is 1.53. The second-order valence-corrected chi connectivity index (χ2v) is 10.9. The number of carbonyl (C=O) groups excluding carboxylic acids is 1. The van der Waals surface area contributed by atoms with Gasteiger partial charge in [0, 0.05) is 5.57 Å². The number of aliphatic hydroxyl groups is 2. The summed E-state index contributed by atoms with van der Waals surface area (Å²) in [6, 6.07) is 0. The molecule has 0 aromatic rings. The predicted molar refractivity (Wildman–Crippen MR) is 123 cm³/mol. The molecule has 3 fully saturated rings. The van der Waals surface area contributed by atoms with Crippen LogP contribution in [0.25, 0.3) is 0 Å². The van der Waals surface area contributed by atoms with E-state index in [-0.39, 0.29) is 5.92 Å². The van der Waals surface area contributed by atoms with E-state index in [1.807, 2.05) is 13.8 Å². The minimum absolute atomic E-state index is 0.284. The summed E-state index contributed by atoms with van der Waals surface area (Å²) in [5.74, 6) is 0.217. The Morgan fingerprint density at radius 3 is 2.62 bits per heavy atom. The van der Waals surface area contributed by atoms with E-state index in [1.165, 1.54) is 18.4 Å². The first kappa shape index (κ1) is 25.4. The SMILES string of the molecule is C=C1CCC[C@@]2(C)CC[C@@H](C(C)(C)O[C@H]3O[C@@H](C)[C@@H](O)[C@@H](O)[C@@H]3OC(=O)/C(C)=C\C)C[C@@H]12. The zero-order chi connectivity index (χ0) is 23.8. The number of hydrogen-bond donors (Lipinski definition) is 2. The normalized spacial score (nSPS) is 41.2. The number of rotatable bonds is 5. The van der Waals surface area contributed by atoms with Crippen LogP contribution in [-0.4, -0.2) is 52.5 Å². The van der Waals surface area contributed by atoms with E-state index in [2.05, 4.69) is 13.5 Å². The Morgan fingerprint density at radius 1 is 1.28 bits per heavy atom. The van der Waals surface area contributed by atoms with Crippen molar-refractivity contribution in [2.45, 2.75) is 116 Å². The summed E-state index contributed by atoms with van der Waals surface area (Å²) in [6.07, 6.45) is 3.24. The van der Waals surface area contributed by atoms with Crippen LogP contribution in [0, 0.1) is 17.3 Å². The summed E-state index contributed by atoms with van der Waals surface area (Å²) in [6.45, 7) is 16.0. The van der Waals surface area contributed by atoms with Crippen LogP contribution in [0.15, 0.2) is 23.8 Å². The summed E-state index contributed by atoms with van der Waals surface area (Å²) in [4.78, 5) is 12.4. The molecule has 3 aliphatic rings. The van der Waals surface area contributed by atoms with E-state index < -0.39 is 42.3 Å². The molecular formula is C26H42O6. The lowest BCUT2D eigenvalue weighted by Crippen LogP contribution is -2.61. The number of allylic oxidation sites excluding steroid dienone is 2. The molecule has 0 aromatic heterocycles. The fourth-order valence-electron chi connectivity index (χ4n) is 5.80. The largest absolute Gasteiger partial charge is 0.451 e. The maximum atomic E-state index is 12.4.